The second-order valence-corrected chi connectivity index (χ2v) is 7.09. The van der Waals surface area contributed by atoms with Crippen molar-refractivity contribution in [3.05, 3.63) is 41.5 Å². The Bertz CT molecular complexity index is 765. The van der Waals surface area contributed by atoms with Crippen LogP contribution in [0.2, 0.25) is 0 Å². The average Bonchev–Trinajstić information content (AvgIpc) is 3.09. The maximum absolute atomic E-state index is 13.0. The molecule has 1 aromatic heterocycles. The number of carbonyl (C=O) groups excluding carboxylic acids is 1. The molecule has 2 heterocycles. The van der Waals surface area contributed by atoms with Gasteiger partial charge in [0.15, 0.2) is 5.82 Å². The van der Waals surface area contributed by atoms with Crippen LogP contribution in [0.25, 0.3) is 0 Å². The minimum Gasteiger partial charge on any atom is -0.492 e. The molecule has 1 amide bonds. The molecule has 0 saturated heterocycles. The summed E-state index contributed by atoms with van der Waals surface area (Å²) in [6.07, 6.45) is 5.68. The predicted molar refractivity (Wildman–Crippen MR) is 91.1 cm³/mol. The van der Waals surface area contributed by atoms with Crippen molar-refractivity contribution in [3.8, 4) is 5.75 Å². The number of nitrogens with zero attached hydrogens (tertiary/aromatic N) is 2. The summed E-state index contributed by atoms with van der Waals surface area (Å²) in [5.41, 5.74) is 0.575. The van der Waals surface area contributed by atoms with Gasteiger partial charge >= 0.3 is 0 Å². The van der Waals surface area contributed by atoms with Crippen LogP contribution in [0.4, 0.5) is 0 Å². The summed E-state index contributed by atoms with van der Waals surface area (Å²) >= 11 is 0. The highest BCUT2D eigenvalue weighted by Gasteiger charge is 2.41. The molecule has 1 unspecified atom stereocenters. The van der Waals surface area contributed by atoms with Crippen LogP contribution in [-0.2, 0) is 16.8 Å². The quantitative estimate of drug-likeness (QED) is 0.929. The number of para-hydroxylation sites is 1. The van der Waals surface area contributed by atoms with E-state index >= 15 is 0 Å². The lowest BCUT2D eigenvalue weighted by Gasteiger charge is -2.37. The highest BCUT2D eigenvalue weighted by molar-refractivity contribution is 5.80. The molecule has 4 rings (SSSR count). The first-order chi connectivity index (χ1) is 12.2. The predicted octanol–water partition coefficient (Wildman–Crippen LogP) is 2.90. The molecule has 1 saturated carbocycles. The number of benzene rings is 1. The zero-order valence-corrected chi connectivity index (χ0v) is 14.5. The van der Waals surface area contributed by atoms with Gasteiger partial charge in [0, 0.05) is 6.92 Å². The molecule has 1 atom stereocenters. The molecular formula is C19H23N3O3. The summed E-state index contributed by atoms with van der Waals surface area (Å²) in [5, 5.41) is 7.37. The van der Waals surface area contributed by atoms with Gasteiger partial charge in [-0.05, 0) is 30.9 Å². The van der Waals surface area contributed by atoms with Crippen LogP contribution in [0, 0.1) is 12.8 Å². The summed E-state index contributed by atoms with van der Waals surface area (Å²) in [7, 11) is 0. The third-order valence-electron chi connectivity index (χ3n) is 5.27. The number of rotatable bonds is 3. The van der Waals surface area contributed by atoms with Gasteiger partial charge in [0.25, 0.3) is 0 Å². The van der Waals surface area contributed by atoms with Crippen molar-refractivity contribution in [2.75, 3.05) is 6.61 Å². The molecule has 1 aliphatic carbocycles. The first-order valence-corrected chi connectivity index (χ1v) is 9.00. The molecule has 0 radical (unpaired) electrons. The Labute approximate surface area is 147 Å². The highest BCUT2D eigenvalue weighted by atomic mass is 16.5. The third kappa shape index (κ3) is 3.13. The molecule has 1 fully saturated rings. The van der Waals surface area contributed by atoms with E-state index in [2.05, 4.69) is 15.5 Å². The number of amides is 1. The van der Waals surface area contributed by atoms with Crippen molar-refractivity contribution in [3.63, 3.8) is 0 Å². The monoisotopic (exact) mass is 341 g/mol. The number of fused-ring (bicyclic) bond motifs is 1. The minimum atomic E-state index is -0.510. The van der Waals surface area contributed by atoms with Crippen molar-refractivity contribution in [1.82, 2.24) is 15.5 Å². The Kier molecular flexibility index (Phi) is 4.19. The summed E-state index contributed by atoms with van der Waals surface area (Å²) in [6.45, 7) is 2.19. The van der Waals surface area contributed by atoms with Gasteiger partial charge in [0.2, 0.25) is 11.8 Å². The summed E-state index contributed by atoms with van der Waals surface area (Å²) in [6, 6.07) is 7.91. The summed E-state index contributed by atoms with van der Waals surface area (Å²) in [5.74, 6) is 1.84. The van der Waals surface area contributed by atoms with Gasteiger partial charge in [-0.25, -0.2) is 0 Å². The van der Waals surface area contributed by atoms with Crippen molar-refractivity contribution in [1.29, 1.82) is 0 Å². The number of nitrogens with one attached hydrogen (secondary N) is 1. The van der Waals surface area contributed by atoms with Gasteiger partial charge in [-0.15, -0.1) is 0 Å². The van der Waals surface area contributed by atoms with Gasteiger partial charge in [-0.2, -0.15) is 4.98 Å². The SMILES string of the molecule is Cc1nc(C2(NC(=O)C3COc4ccccc4C3)CCCCC2)no1. The van der Waals surface area contributed by atoms with Gasteiger partial charge in [0.05, 0.1) is 5.92 Å². The Morgan fingerprint density at radius 2 is 2.04 bits per heavy atom. The van der Waals surface area contributed by atoms with Crippen LogP contribution in [0.3, 0.4) is 0 Å². The van der Waals surface area contributed by atoms with E-state index in [1.807, 2.05) is 24.3 Å². The number of aryl methyl sites for hydroxylation is 1. The second-order valence-electron chi connectivity index (χ2n) is 7.09. The van der Waals surface area contributed by atoms with Gasteiger partial charge in [-0.1, -0.05) is 42.6 Å². The van der Waals surface area contributed by atoms with Gasteiger partial charge in [-0.3, -0.25) is 4.79 Å². The maximum atomic E-state index is 13.0. The van der Waals surface area contributed by atoms with Crippen molar-refractivity contribution in [2.45, 2.75) is 51.0 Å². The molecule has 2 aliphatic rings. The lowest BCUT2D eigenvalue weighted by molar-refractivity contribution is -0.129. The molecule has 1 aromatic carbocycles. The Hall–Kier alpha value is -2.37. The zero-order valence-electron chi connectivity index (χ0n) is 14.5. The molecule has 6 heteroatoms. The Morgan fingerprint density at radius 1 is 1.24 bits per heavy atom. The van der Waals surface area contributed by atoms with E-state index in [1.165, 1.54) is 6.42 Å². The van der Waals surface area contributed by atoms with Crippen LogP contribution in [0.5, 0.6) is 5.75 Å². The van der Waals surface area contributed by atoms with E-state index in [9.17, 15) is 4.79 Å². The fourth-order valence-electron chi connectivity index (χ4n) is 3.89. The van der Waals surface area contributed by atoms with Gasteiger partial charge < -0.3 is 14.6 Å². The first-order valence-electron chi connectivity index (χ1n) is 9.00. The Morgan fingerprint density at radius 3 is 2.80 bits per heavy atom. The first kappa shape index (κ1) is 16.1. The molecule has 25 heavy (non-hydrogen) atoms. The smallest absolute Gasteiger partial charge is 0.227 e. The van der Waals surface area contributed by atoms with Crippen LogP contribution in [0.1, 0.15) is 49.4 Å². The van der Waals surface area contributed by atoms with Crippen LogP contribution in [0.15, 0.2) is 28.8 Å². The average molecular weight is 341 g/mol. The summed E-state index contributed by atoms with van der Waals surface area (Å²) in [4.78, 5) is 17.4. The fourth-order valence-corrected chi connectivity index (χ4v) is 3.89. The standard InChI is InChI=1S/C19H23N3O3/c1-13-20-18(22-25-13)19(9-5-2-6-10-19)21-17(23)15-11-14-7-3-4-8-16(14)24-12-15/h3-4,7-8,15H,2,5-6,9-12H2,1H3,(H,21,23). The van der Waals surface area contributed by atoms with E-state index in [1.54, 1.807) is 6.92 Å². The molecule has 6 nitrogen and oxygen atoms in total. The van der Waals surface area contributed by atoms with E-state index in [0.29, 0.717) is 24.7 Å². The van der Waals surface area contributed by atoms with E-state index in [-0.39, 0.29) is 11.8 Å². The largest absolute Gasteiger partial charge is 0.492 e. The summed E-state index contributed by atoms with van der Waals surface area (Å²) < 4.78 is 11.0. The zero-order chi connectivity index (χ0) is 17.3. The molecule has 0 bridgehead atoms. The van der Waals surface area contributed by atoms with Crippen LogP contribution >= 0.6 is 0 Å². The molecule has 1 aliphatic heterocycles. The van der Waals surface area contributed by atoms with Crippen molar-refractivity contribution in [2.24, 2.45) is 5.92 Å². The topological polar surface area (TPSA) is 77.2 Å². The minimum absolute atomic E-state index is 0.0128. The van der Waals surface area contributed by atoms with E-state index in [0.717, 1.165) is 37.0 Å². The normalized spacial score (nSPS) is 21.9. The molecule has 0 spiro atoms. The van der Waals surface area contributed by atoms with Crippen molar-refractivity contribution >= 4 is 5.91 Å². The van der Waals surface area contributed by atoms with Crippen molar-refractivity contribution < 1.29 is 14.1 Å². The number of hydrogen-bond acceptors (Lipinski definition) is 5. The van der Waals surface area contributed by atoms with E-state index < -0.39 is 5.54 Å². The third-order valence-corrected chi connectivity index (χ3v) is 5.27. The van der Waals surface area contributed by atoms with Gasteiger partial charge in [0.1, 0.15) is 17.9 Å². The Balaban J connectivity index is 1.53. The fraction of sp³-hybridized carbons (Fsp3) is 0.526. The number of ether oxygens (including phenoxy) is 1. The van der Waals surface area contributed by atoms with E-state index in [4.69, 9.17) is 9.26 Å². The van der Waals surface area contributed by atoms with Crippen LogP contribution < -0.4 is 10.1 Å². The highest BCUT2D eigenvalue weighted by Crippen LogP contribution is 2.36. The van der Waals surface area contributed by atoms with Crippen LogP contribution in [-0.4, -0.2) is 22.7 Å². The number of hydrogen-bond donors (Lipinski definition) is 1. The lowest BCUT2D eigenvalue weighted by atomic mass is 9.80. The molecule has 2 aromatic rings. The molecule has 1 N–H and O–H groups in total. The second kappa shape index (κ2) is 6.50. The maximum Gasteiger partial charge on any atom is 0.227 e. The number of carbonyl (C=O) groups is 1. The lowest BCUT2D eigenvalue weighted by Crippen LogP contribution is -2.51. The number of aromatic nitrogens is 2. The molecule has 132 valence electrons. The molecular weight excluding hydrogens is 318 g/mol.